The first kappa shape index (κ1) is 51.3. The Balaban J connectivity index is -0.000000160. The maximum absolute atomic E-state index is 11.8. The zero-order valence-electron chi connectivity index (χ0n) is 27.8. The van der Waals surface area contributed by atoms with E-state index in [-0.39, 0.29) is 82.2 Å². The molecular weight excluding hydrogens is 606 g/mol. The van der Waals surface area contributed by atoms with E-state index >= 15 is 0 Å². The minimum atomic E-state index is -0.957. The average molecular weight is 651 g/mol. The minimum Gasteiger partial charge on any atom is -1.00 e. The zero-order valence-corrected chi connectivity index (χ0v) is 28.8. The number of aliphatic hydroxyl groups excluding tert-OH is 1. The summed E-state index contributed by atoms with van der Waals surface area (Å²) in [7, 11) is 6.74. The molecule has 0 bridgehead atoms. The molecule has 0 heterocycles. The van der Waals surface area contributed by atoms with Crippen LogP contribution in [0.15, 0.2) is 34.4 Å². The standard InChI is InChI=1S/C14H22O7.C14H18O7.CH4.B.Na.H/c2*1-5-6-9(15)7-10(13(17)20-3)11(14(18)21-4)8-12(16)19-2;;;;/h9,15H,5-8H2,1-4H3;7-8H,5-6H2,1-4H3;1H4;;;/q;;;;+1;-1/b11-10-;10-7-,11-8-;;;;/t9-;;;;;/m0...../s1. The number of aliphatic hydroxyl groups is 1. The van der Waals surface area contributed by atoms with Crippen molar-refractivity contribution in [3.05, 3.63) is 34.4 Å². The SMILES string of the molecule is C.CCCC(=O)/C=C(C(=O)OC)/C(=C/C(=O)OC)C(=O)OC.CCC[C@H](O)C/C(C(=O)OC)=C(\CC(=O)OC)C(=O)OC.[B].[H-].[Na+]. The van der Waals surface area contributed by atoms with E-state index in [0.29, 0.717) is 19.3 Å². The van der Waals surface area contributed by atoms with E-state index in [1.54, 1.807) is 6.92 Å². The molecule has 0 spiro atoms. The van der Waals surface area contributed by atoms with Crippen LogP contribution in [0.25, 0.3) is 0 Å². The van der Waals surface area contributed by atoms with Gasteiger partial charge in [0.05, 0.1) is 77.5 Å². The van der Waals surface area contributed by atoms with Gasteiger partial charge in [0.15, 0.2) is 5.78 Å². The first-order chi connectivity index (χ1) is 19.8. The second-order valence-electron chi connectivity index (χ2n) is 8.18. The fourth-order valence-corrected chi connectivity index (χ4v) is 3.14. The van der Waals surface area contributed by atoms with Crippen LogP contribution >= 0.6 is 0 Å². The van der Waals surface area contributed by atoms with Crippen molar-refractivity contribution >= 4 is 50.0 Å². The number of hydrogen-bond acceptors (Lipinski definition) is 14. The third kappa shape index (κ3) is 20.4. The van der Waals surface area contributed by atoms with Gasteiger partial charge in [-0.05, 0) is 18.9 Å². The summed E-state index contributed by atoms with van der Waals surface area (Å²) in [4.78, 5) is 81.4. The van der Waals surface area contributed by atoms with Crippen molar-refractivity contribution in [3.63, 3.8) is 0 Å². The van der Waals surface area contributed by atoms with E-state index in [1.807, 2.05) is 6.92 Å². The molecule has 0 aromatic rings. The molecule has 3 radical (unpaired) electrons. The van der Waals surface area contributed by atoms with Gasteiger partial charge in [-0.15, -0.1) is 0 Å². The molecule has 0 rings (SSSR count). The number of methoxy groups -OCH3 is 6. The summed E-state index contributed by atoms with van der Waals surface area (Å²) >= 11 is 0. The number of carbonyl (C=O) groups excluding carboxylic acids is 7. The van der Waals surface area contributed by atoms with Crippen LogP contribution in [0.5, 0.6) is 0 Å². The molecule has 249 valence electrons. The third-order valence-corrected chi connectivity index (χ3v) is 5.20. The van der Waals surface area contributed by atoms with E-state index in [4.69, 9.17) is 0 Å². The summed E-state index contributed by atoms with van der Waals surface area (Å²) in [5.41, 5.74) is -0.990. The van der Waals surface area contributed by atoms with Gasteiger partial charge in [-0.2, -0.15) is 0 Å². The minimum absolute atomic E-state index is 0. The van der Waals surface area contributed by atoms with E-state index in [0.717, 1.165) is 47.7 Å². The molecule has 1 N–H and O–H groups in total. The van der Waals surface area contributed by atoms with Crippen molar-refractivity contribution in [3.8, 4) is 0 Å². The third-order valence-electron chi connectivity index (χ3n) is 5.20. The quantitative estimate of drug-likeness (QED) is 0.0732. The van der Waals surface area contributed by atoms with E-state index in [9.17, 15) is 38.7 Å². The number of ether oxygens (including phenoxy) is 6. The molecule has 0 amide bonds. The molecule has 0 aliphatic rings. The molecule has 0 aromatic heterocycles. The maximum atomic E-state index is 11.8. The molecular formula is C29H45BNaO14. The predicted octanol–water partition coefficient (Wildman–Crippen LogP) is -1.16. The summed E-state index contributed by atoms with van der Waals surface area (Å²) in [6.45, 7) is 3.66. The predicted molar refractivity (Wildman–Crippen MR) is 159 cm³/mol. The van der Waals surface area contributed by atoms with Crippen LogP contribution in [0.3, 0.4) is 0 Å². The number of rotatable bonds is 15. The van der Waals surface area contributed by atoms with Crippen molar-refractivity contribution in [1.29, 1.82) is 0 Å². The second-order valence-corrected chi connectivity index (χ2v) is 8.18. The van der Waals surface area contributed by atoms with Gasteiger partial charge in [0.2, 0.25) is 0 Å². The molecule has 14 nitrogen and oxygen atoms in total. The summed E-state index contributed by atoms with van der Waals surface area (Å²) in [6.07, 6.45) is 2.31. The van der Waals surface area contributed by atoms with E-state index in [2.05, 4.69) is 28.4 Å². The molecule has 0 aromatic carbocycles. The van der Waals surface area contributed by atoms with Gasteiger partial charge >= 0.3 is 65.4 Å². The molecule has 0 fully saturated rings. The monoisotopic (exact) mass is 651 g/mol. The van der Waals surface area contributed by atoms with Crippen molar-refractivity contribution in [2.24, 2.45) is 0 Å². The Hall–Kier alpha value is -3.27. The molecule has 0 saturated carbocycles. The van der Waals surface area contributed by atoms with Gasteiger partial charge in [0.1, 0.15) is 0 Å². The molecule has 1 atom stereocenters. The number of hydrogen-bond donors (Lipinski definition) is 1. The number of carbonyl (C=O) groups is 7. The summed E-state index contributed by atoms with van der Waals surface area (Å²) in [6, 6.07) is 0. The van der Waals surface area contributed by atoms with Gasteiger partial charge in [-0.25, -0.2) is 24.0 Å². The average Bonchev–Trinajstić information content (AvgIpc) is 2.99. The Morgan fingerprint density at radius 1 is 0.667 bits per heavy atom. The molecule has 0 aliphatic carbocycles. The van der Waals surface area contributed by atoms with E-state index < -0.39 is 53.9 Å². The Labute approximate surface area is 290 Å². The summed E-state index contributed by atoms with van der Waals surface area (Å²) < 4.78 is 27.1. The van der Waals surface area contributed by atoms with Gasteiger partial charge in [0.25, 0.3) is 0 Å². The Morgan fingerprint density at radius 2 is 1.11 bits per heavy atom. The molecule has 45 heavy (non-hydrogen) atoms. The normalized spacial score (nSPS) is 11.5. The van der Waals surface area contributed by atoms with Gasteiger partial charge in [-0.3, -0.25) is 9.59 Å². The van der Waals surface area contributed by atoms with Crippen LogP contribution in [0.4, 0.5) is 0 Å². The van der Waals surface area contributed by atoms with Crippen LogP contribution < -0.4 is 29.6 Å². The van der Waals surface area contributed by atoms with Crippen LogP contribution in [0, 0.1) is 0 Å². The van der Waals surface area contributed by atoms with Crippen LogP contribution in [-0.4, -0.2) is 104 Å². The Kier molecular flexibility index (Phi) is 33.6. The zero-order chi connectivity index (χ0) is 32.8. The van der Waals surface area contributed by atoms with Gasteiger partial charge in [-0.1, -0.05) is 27.7 Å². The summed E-state index contributed by atoms with van der Waals surface area (Å²) in [5, 5.41) is 9.85. The largest absolute Gasteiger partial charge is 1.00 e. The first-order valence-corrected chi connectivity index (χ1v) is 12.7. The number of allylic oxidation sites excluding steroid dienone is 1. The van der Waals surface area contributed by atoms with Crippen molar-refractivity contribution in [2.75, 3.05) is 42.7 Å². The smallest absolute Gasteiger partial charge is 1.00 e. The number of esters is 6. The van der Waals surface area contributed by atoms with Crippen LogP contribution in [-0.2, 0) is 62.0 Å². The number of ketones is 1. The van der Waals surface area contributed by atoms with Crippen LogP contribution in [0.2, 0.25) is 0 Å². The van der Waals surface area contributed by atoms with Crippen molar-refractivity contribution < 1.29 is 98.1 Å². The fourth-order valence-electron chi connectivity index (χ4n) is 3.14. The van der Waals surface area contributed by atoms with E-state index in [1.165, 1.54) is 7.11 Å². The Morgan fingerprint density at radius 3 is 1.49 bits per heavy atom. The van der Waals surface area contributed by atoms with Gasteiger partial charge < -0.3 is 35.0 Å². The molecule has 16 heteroatoms. The maximum Gasteiger partial charge on any atom is 1.00 e. The van der Waals surface area contributed by atoms with Crippen molar-refractivity contribution in [2.45, 2.75) is 65.9 Å². The molecule has 0 saturated heterocycles. The molecule has 0 aliphatic heterocycles. The van der Waals surface area contributed by atoms with Gasteiger partial charge in [0, 0.05) is 27.3 Å². The topological polar surface area (TPSA) is 195 Å². The fraction of sp³-hybridized carbons (Fsp3) is 0.552. The second kappa shape index (κ2) is 29.4. The summed E-state index contributed by atoms with van der Waals surface area (Å²) in [5.74, 6) is -5.44. The van der Waals surface area contributed by atoms with Crippen LogP contribution in [0.1, 0.15) is 61.2 Å². The van der Waals surface area contributed by atoms with Crippen molar-refractivity contribution in [1.82, 2.24) is 0 Å². The Bertz CT molecular complexity index is 1090. The first-order valence-electron chi connectivity index (χ1n) is 12.7. The molecule has 0 unspecified atom stereocenters.